The Morgan fingerprint density at radius 1 is 0.968 bits per heavy atom. The largest absolute Gasteiger partial charge is 0.445 e. The summed E-state index contributed by atoms with van der Waals surface area (Å²) in [6.45, 7) is 3.58. The molecule has 9 heteroatoms. The molecule has 0 aliphatic carbocycles. The van der Waals surface area contributed by atoms with Gasteiger partial charge in [0.25, 0.3) is 0 Å². The maximum Gasteiger partial charge on any atom is 0.408 e. The molecule has 2 rings (SSSR count). The number of ether oxygens (including phenoxy) is 1. The van der Waals surface area contributed by atoms with Crippen molar-refractivity contribution >= 4 is 41.1 Å². The third kappa shape index (κ3) is 7.45. The highest BCUT2D eigenvalue weighted by Gasteiger charge is 2.29. The number of hydrogen-bond donors (Lipinski definition) is 3. The van der Waals surface area contributed by atoms with Crippen molar-refractivity contribution in [3.63, 3.8) is 0 Å². The van der Waals surface area contributed by atoms with Gasteiger partial charge in [-0.2, -0.15) is 0 Å². The van der Waals surface area contributed by atoms with Gasteiger partial charge in [0.1, 0.15) is 18.7 Å². The smallest absolute Gasteiger partial charge is 0.408 e. The number of carbonyl (C=O) groups excluding carboxylic acids is 3. The van der Waals surface area contributed by atoms with Gasteiger partial charge in [0.15, 0.2) is 0 Å². The Kier molecular flexibility index (Phi) is 9.15. The lowest BCUT2D eigenvalue weighted by Gasteiger charge is -2.24. The van der Waals surface area contributed by atoms with Crippen LogP contribution in [0.4, 0.5) is 4.79 Å². The molecule has 0 spiro atoms. The zero-order chi connectivity index (χ0) is 23.0. The van der Waals surface area contributed by atoms with Crippen LogP contribution in [-0.4, -0.2) is 30.0 Å². The first-order valence-corrected chi connectivity index (χ1v) is 10.4. The minimum Gasteiger partial charge on any atom is -0.445 e. The van der Waals surface area contributed by atoms with Gasteiger partial charge in [0, 0.05) is 16.5 Å². The minimum atomic E-state index is -1.06. The van der Waals surface area contributed by atoms with E-state index >= 15 is 0 Å². The van der Waals surface area contributed by atoms with Crippen LogP contribution in [0.2, 0.25) is 10.0 Å². The van der Waals surface area contributed by atoms with Crippen molar-refractivity contribution in [1.29, 1.82) is 0 Å². The van der Waals surface area contributed by atoms with Crippen LogP contribution >= 0.6 is 23.2 Å². The van der Waals surface area contributed by atoms with Gasteiger partial charge in [-0.25, -0.2) is 4.79 Å². The van der Waals surface area contributed by atoms with Crippen molar-refractivity contribution < 1.29 is 19.1 Å². The van der Waals surface area contributed by atoms with Crippen LogP contribution in [0.15, 0.2) is 48.5 Å². The zero-order valence-corrected chi connectivity index (χ0v) is 18.7. The molecule has 0 radical (unpaired) electrons. The summed E-state index contributed by atoms with van der Waals surface area (Å²) in [4.78, 5) is 37.0. The molecule has 0 saturated heterocycles. The lowest BCUT2D eigenvalue weighted by Crippen LogP contribution is -2.55. The van der Waals surface area contributed by atoms with Crippen molar-refractivity contribution in [3.05, 3.63) is 69.7 Å². The molecular formula is C22H25Cl2N3O4. The van der Waals surface area contributed by atoms with E-state index in [1.807, 2.05) is 30.3 Å². The third-order valence-electron chi connectivity index (χ3n) is 4.57. The monoisotopic (exact) mass is 465 g/mol. The van der Waals surface area contributed by atoms with Crippen LogP contribution < -0.4 is 16.4 Å². The van der Waals surface area contributed by atoms with Crippen LogP contribution in [0.3, 0.4) is 0 Å². The highest BCUT2D eigenvalue weighted by molar-refractivity contribution is 6.36. The lowest BCUT2D eigenvalue weighted by molar-refractivity contribution is -0.129. The predicted molar refractivity (Wildman–Crippen MR) is 120 cm³/mol. The number of nitrogens with two attached hydrogens (primary N) is 1. The average Bonchev–Trinajstić information content (AvgIpc) is 2.72. The Bertz CT molecular complexity index is 902. The molecule has 0 heterocycles. The zero-order valence-electron chi connectivity index (χ0n) is 17.2. The first-order chi connectivity index (χ1) is 14.7. The van der Waals surface area contributed by atoms with E-state index in [0.29, 0.717) is 15.6 Å². The summed E-state index contributed by atoms with van der Waals surface area (Å²) >= 11 is 12.3. The van der Waals surface area contributed by atoms with Crippen LogP contribution in [0.1, 0.15) is 25.0 Å². The molecule has 166 valence electrons. The van der Waals surface area contributed by atoms with Crippen LogP contribution in [0.5, 0.6) is 0 Å². The van der Waals surface area contributed by atoms with Crippen molar-refractivity contribution in [2.45, 2.75) is 39.0 Å². The van der Waals surface area contributed by atoms with Crippen molar-refractivity contribution in [1.82, 2.24) is 10.6 Å². The van der Waals surface area contributed by atoms with Gasteiger partial charge in [0.2, 0.25) is 11.8 Å². The molecule has 0 aliphatic heterocycles. The number of carbonyl (C=O) groups is 3. The lowest BCUT2D eigenvalue weighted by atomic mass is 10.0. The average molecular weight is 466 g/mol. The summed E-state index contributed by atoms with van der Waals surface area (Å²) in [5.41, 5.74) is 6.78. The fraction of sp³-hybridized carbons (Fsp3) is 0.318. The molecule has 3 amide bonds. The number of benzene rings is 2. The maximum atomic E-state index is 12.8. The van der Waals surface area contributed by atoms with Crippen LogP contribution in [-0.2, 0) is 27.4 Å². The van der Waals surface area contributed by atoms with Gasteiger partial charge in [0.05, 0.1) is 0 Å². The molecule has 2 aromatic carbocycles. The molecule has 2 aromatic rings. The number of halogens is 2. The summed E-state index contributed by atoms with van der Waals surface area (Å²) in [6.07, 6.45) is -0.731. The summed E-state index contributed by atoms with van der Waals surface area (Å²) in [5, 5.41) is 5.83. The fourth-order valence-corrected chi connectivity index (χ4v) is 3.39. The number of nitrogens with one attached hydrogen (secondary N) is 2. The van der Waals surface area contributed by atoms with Gasteiger partial charge in [-0.15, -0.1) is 0 Å². The Labute approximate surface area is 191 Å². The Hall–Kier alpha value is -2.77. The van der Waals surface area contributed by atoms with E-state index in [1.54, 1.807) is 32.0 Å². The maximum absolute atomic E-state index is 12.8. The first kappa shape index (κ1) is 24.5. The topological polar surface area (TPSA) is 111 Å². The second kappa shape index (κ2) is 11.6. The van der Waals surface area contributed by atoms with Gasteiger partial charge in [-0.1, -0.05) is 73.4 Å². The molecule has 0 saturated carbocycles. The number of rotatable bonds is 9. The second-order valence-corrected chi connectivity index (χ2v) is 8.11. The molecule has 0 bridgehead atoms. The molecule has 7 nitrogen and oxygen atoms in total. The van der Waals surface area contributed by atoms with E-state index in [9.17, 15) is 14.4 Å². The quantitative estimate of drug-likeness (QED) is 0.526. The van der Waals surface area contributed by atoms with Crippen molar-refractivity contribution in [2.24, 2.45) is 11.7 Å². The molecular weight excluding hydrogens is 441 g/mol. The van der Waals surface area contributed by atoms with E-state index in [-0.39, 0.29) is 18.9 Å². The Balaban J connectivity index is 2.03. The number of primary amides is 1. The highest BCUT2D eigenvalue weighted by Crippen LogP contribution is 2.25. The second-order valence-electron chi connectivity index (χ2n) is 7.30. The molecule has 0 aromatic heterocycles. The molecule has 4 N–H and O–H groups in total. The first-order valence-electron chi connectivity index (χ1n) is 9.68. The molecule has 0 unspecified atom stereocenters. The van der Waals surface area contributed by atoms with Crippen molar-refractivity contribution in [2.75, 3.05) is 0 Å². The van der Waals surface area contributed by atoms with Gasteiger partial charge in [-0.3, -0.25) is 9.59 Å². The van der Waals surface area contributed by atoms with E-state index in [4.69, 9.17) is 33.7 Å². The normalized spacial score (nSPS) is 12.7. The summed E-state index contributed by atoms with van der Waals surface area (Å²) in [7, 11) is 0. The van der Waals surface area contributed by atoms with E-state index in [0.717, 1.165) is 5.56 Å². The third-order valence-corrected chi connectivity index (χ3v) is 5.27. The highest BCUT2D eigenvalue weighted by atomic mass is 35.5. The molecule has 31 heavy (non-hydrogen) atoms. The molecule has 2 atom stereocenters. The molecule has 0 fully saturated rings. The summed E-state index contributed by atoms with van der Waals surface area (Å²) in [5.74, 6) is -1.60. The minimum absolute atomic E-state index is 0.0167. The fourth-order valence-electron chi connectivity index (χ4n) is 2.84. The van der Waals surface area contributed by atoms with E-state index < -0.39 is 30.0 Å². The Morgan fingerprint density at radius 3 is 2.13 bits per heavy atom. The van der Waals surface area contributed by atoms with Gasteiger partial charge >= 0.3 is 6.09 Å². The van der Waals surface area contributed by atoms with E-state index in [1.165, 1.54) is 0 Å². The predicted octanol–water partition coefficient (Wildman–Crippen LogP) is 3.46. The van der Waals surface area contributed by atoms with Gasteiger partial charge < -0.3 is 21.1 Å². The van der Waals surface area contributed by atoms with Crippen molar-refractivity contribution in [3.8, 4) is 0 Å². The number of alkyl carbamates (subject to hydrolysis) is 1. The van der Waals surface area contributed by atoms with Crippen LogP contribution in [0.25, 0.3) is 0 Å². The van der Waals surface area contributed by atoms with Crippen LogP contribution in [0, 0.1) is 5.92 Å². The van der Waals surface area contributed by atoms with Gasteiger partial charge in [-0.05, 0) is 29.2 Å². The number of hydrogen-bond acceptors (Lipinski definition) is 4. The SMILES string of the molecule is CC(C)[C@H](NC(=O)OCc1ccccc1)C(=O)N[C@@H](Cc1c(Cl)cccc1Cl)C(N)=O. The standard InChI is InChI=1S/C22H25Cl2N3O4/c1-13(2)19(27-22(30)31-12-14-7-4-3-5-8-14)21(29)26-18(20(25)28)11-15-16(23)9-6-10-17(15)24/h3-10,13,18-19H,11-12H2,1-2H3,(H2,25,28)(H,26,29)(H,27,30)/t18-,19-/m0/s1. The number of amides is 3. The van der Waals surface area contributed by atoms with E-state index in [2.05, 4.69) is 10.6 Å². The summed E-state index contributed by atoms with van der Waals surface area (Å²) < 4.78 is 5.18. The molecule has 0 aliphatic rings. The Morgan fingerprint density at radius 2 is 1.58 bits per heavy atom. The summed E-state index contributed by atoms with van der Waals surface area (Å²) in [6, 6.07) is 12.1.